The van der Waals surface area contributed by atoms with E-state index in [1.54, 1.807) is 17.0 Å². The number of hydrogen-bond donors (Lipinski definition) is 3. The van der Waals surface area contributed by atoms with Gasteiger partial charge in [0.2, 0.25) is 0 Å². The second kappa shape index (κ2) is 5.26. The van der Waals surface area contributed by atoms with Crippen molar-refractivity contribution in [1.82, 2.24) is 20.1 Å². The smallest absolute Gasteiger partial charge is 0.270 e. The van der Waals surface area contributed by atoms with Crippen molar-refractivity contribution in [3.05, 3.63) is 45.1 Å². The van der Waals surface area contributed by atoms with Gasteiger partial charge in [0.25, 0.3) is 11.5 Å². The van der Waals surface area contributed by atoms with E-state index >= 15 is 0 Å². The Labute approximate surface area is 132 Å². The zero-order valence-corrected chi connectivity index (χ0v) is 12.6. The summed E-state index contributed by atoms with van der Waals surface area (Å²) in [6, 6.07) is 3.25. The number of rotatable bonds is 2. The Bertz CT molecular complexity index is 828. The van der Waals surface area contributed by atoms with Crippen molar-refractivity contribution < 1.29 is 9.59 Å². The van der Waals surface area contributed by atoms with E-state index in [0.29, 0.717) is 30.8 Å². The number of carbonyl (C=O) groups is 2. The van der Waals surface area contributed by atoms with Crippen LogP contribution in [0.25, 0.3) is 0 Å². The number of nitrogens with one attached hydrogen (secondary N) is 3. The van der Waals surface area contributed by atoms with Gasteiger partial charge in [0.1, 0.15) is 5.69 Å². The first kappa shape index (κ1) is 14.0. The predicted octanol–water partition coefficient (Wildman–Crippen LogP) is 1.18. The first-order valence-corrected chi connectivity index (χ1v) is 7.94. The molecule has 1 unspecified atom stereocenters. The van der Waals surface area contributed by atoms with Crippen molar-refractivity contribution >= 4 is 11.7 Å². The second-order valence-corrected chi connectivity index (χ2v) is 6.30. The van der Waals surface area contributed by atoms with Crippen LogP contribution in [0.3, 0.4) is 0 Å². The number of nitrogens with zero attached hydrogens (tertiary/aromatic N) is 1. The van der Waals surface area contributed by atoms with Crippen LogP contribution >= 0.6 is 0 Å². The molecule has 0 spiro atoms. The molecular formula is C16H18N4O3. The summed E-state index contributed by atoms with van der Waals surface area (Å²) in [4.78, 5) is 40.7. The van der Waals surface area contributed by atoms with Gasteiger partial charge < -0.3 is 15.0 Å². The summed E-state index contributed by atoms with van der Waals surface area (Å²) in [5.41, 5.74) is 2.74. The molecule has 3 N–H and O–H groups in total. The number of ketones is 1. The number of hydrogen-bond acceptors (Lipinski definition) is 3. The molecule has 7 heteroatoms. The molecule has 0 radical (unpaired) electrons. The van der Waals surface area contributed by atoms with Gasteiger partial charge in [-0.2, -0.15) is 0 Å². The number of aromatic nitrogens is 3. The molecule has 4 rings (SSSR count). The molecule has 3 heterocycles. The van der Waals surface area contributed by atoms with E-state index in [9.17, 15) is 14.4 Å². The molecular weight excluding hydrogens is 296 g/mol. The fourth-order valence-corrected chi connectivity index (χ4v) is 3.55. The fraction of sp³-hybridized carbons (Fsp3) is 0.438. The summed E-state index contributed by atoms with van der Waals surface area (Å²) in [6.45, 7) is 1.22. The van der Waals surface area contributed by atoms with Crippen LogP contribution in [0.2, 0.25) is 0 Å². The molecule has 1 aliphatic carbocycles. The minimum Gasteiger partial charge on any atom is -0.354 e. The molecule has 0 aromatic carbocycles. The minimum absolute atomic E-state index is 0.0763. The molecule has 1 saturated heterocycles. The zero-order valence-electron chi connectivity index (χ0n) is 12.6. The SMILES string of the molecule is O=C1CCCc2[nH]c(C(=O)N3CCC(c4cc(=O)[nH][nH]4)C3)cc21. The molecule has 0 bridgehead atoms. The molecule has 1 atom stereocenters. The van der Waals surface area contributed by atoms with Crippen LogP contribution in [0.1, 0.15) is 57.4 Å². The third kappa shape index (κ3) is 2.42. The van der Waals surface area contributed by atoms with E-state index in [1.165, 1.54) is 0 Å². The highest BCUT2D eigenvalue weighted by Gasteiger charge is 2.31. The molecule has 1 aliphatic heterocycles. The summed E-state index contributed by atoms with van der Waals surface area (Å²) in [5, 5.41) is 5.40. The maximum atomic E-state index is 12.7. The highest BCUT2D eigenvalue weighted by Crippen LogP contribution is 2.27. The van der Waals surface area contributed by atoms with E-state index in [2.05, 4.69) is 15.2 Å². The van der Waals surface area contributed by atoms with Gasteiger partial charge in [0, 0.05) is 48.4 Å². The molecule has 7 nitrogen and oxygen atoms in total. The number of Topliss-reactive ketones (excluding diaryl/α,β-unsaturated/α-hetero) is 1. The van der Waals surface area contributed by atoms with Crippen LogP contribution in [-0.4, -0.2) is 44.9 Å². The summed E-state index contributed by atoms with van der Waals surface area (Å²) in [6.07, 6.45) is 3.04. The Morgan fingerprint density at radius 3 is 2.78 bits per heavy atom. The normalized spacial score (nSPS) is 20.8. The molecule has 2 aliphatic rings. The van der Waals surface area contributed by atoms with Crippen molar-refractivity contribution in [2.75, 3.05) is 13.1 Å². The molecule has 1 amide bonds. The predicted molar refractivity (Wildman–Crippen MR) is 82.7 cm³/mol. The monoisotopic (exact) mass is 314 g/mol. The van der Waals surface area contributed by atoms with Gasteiger partial charge in [-0.15, -0.1) is 0 Å². The van der Waals surface area contributed by atoms with Crippen molar-refractivity contribution in [3.63, 3.8) is 0 Å². The second-order valence-electron chi connectivity index (χ2n) is 6.30. The van der Waals surface area contributed by atoms with Crippen LogP contribution < -0.4 is 5.56 Å². The molecule has 2 aromatic rings. The average Bonchev–Trinajstić information content (AvgIpc) is 3.25. The molecule has 1 fully saturated rings. The van der Waals surface area contributed by atoms with E-state index in [1.807, 2.05) is 0 Å². The van der Waals surface area contributed by atoms with Crippen molar-refractivity contribution in [2.45, 2.75) is 31.6 Å². The lowest BCUT2D eigenvalue weighted by atomic mass is 9.97. The van der Waals surface area contributed by atoms with Crippen LogP contribution in [0.4, 0.5) is 0 Å². The highest BCUT2D eigenvalue weighted by atomic mass is 16.2. The maximum Gasteiger partial charge on any atom is 0.270 e. The molecule has 0 saturated carbocycles. The van der Waals surface area contributed by atoms with Crippen LogP contribution in [-0.2, 0) is 6.42 Å². The van der Waals surface area contributed by atoms with Gasteiger partial charge in [-0.25, -0.2) is 0 Å². The molecule has 120 valence electrons. The minimum atomic E-state index is -0.152. The first-order valence-electron chi connectivity index (χ1n) is 7.94. The van der Waals surface area contributed by atoms with Crippen molar-refractivity contribution in [2.24, 2.45) is 0 Å². The van der Waals surface area contributed by atoms with Crippen molar-refractivity contribution in [3.8, 4) is 0 Å². The zero-order chi connectivity index (χ0) is 16.0. The largest absolute Gasteiger partial charge is 0.354 e. The third-order valence-electron chi connectivity index (χ3n) is 4.79. The summed E-state index contributed by atoms with van der Waals surface area (Å²) in [5.74, 6) is 0.183. The quantitative estimate of drug-likeness (QED) is 0.775. The average molecular weight is 314 g/mol. The van der Waals surface area contributed by atoms with Gasteiger partial charge in [-0.1, -0.05) is 0 Å². The number of amides is 1. The van der Waals surface area contributed by atoms with Gasteiger partial charge >= 0.3 is 0 Å². The summed E-state index contributed by atoms with van der Waals surface area (Å²) in [7, 11) is 0. The lowest BCUT2D eigenvalue weighted by molar-refractivity contribution is 0.0785. The van der Waals surface area contributed by atoms with E-state index in [-0.39, 0.29) is 23.2 Å². The van der Waals surface area contributed by atoms with E-state index in [0.717, 1.165) is 30.7 Å². The number of likely N-dealkylation sites (tertiary alicyclic amines) is 1. The van der Waals surface area contributed by atoms with Crippen LogP contribution in [0, 0.1) is 0 Å². The standard InChI is InChI=1S/C16H18N4O3/c21-14-3-1-2-11-10(14)6-13(17-11)16(23)20-5-4-9(8-20)12-7-15(22)19-18-12/h6-7,9,17H,1-5,8H2,(H2,18,19,22). The van der Waals surface area contributed by atoms with Gasteiger partial charge in [-0.3, -0.25) is 19.5 Å². The lowest BCUT2D eigenvalue weighted by Gasteiger charge is -2.15. The first-order chi connectivity index (χ1) is 11.1. The Kier molecular flexibility index (Phi) is 3.21. The van der Waals surface area contributed by atoms with E-state index in [4.69, 9.17) is 0 Å². The van der Waals surface area contributed by atoms with Gasteiger partial charge in [0.05, 0.1) is 0 Å². The number of H-pyrrole nitrogens is 3. The van der Waals surface area contributed by atoms with Crippen LogP contribution in [0.15, 0.2) is 16.9 Å². The highest BCUT2D eigenvalue weighted by molar-refractivity contribution is 6.02. The molecule has 2 aromatic heterocycles. The number of carbonyl (C=O) groups excluding carboxylic acids is 2. The maximum absolute atomic E-state index is 12.7. The Morgan fingerprint density at radius 1 is 1.17 bits per heavy atom. The van der Waals surface area contributed by atoms with E-state index < -0.39 is 0 Å². The van der Waals surface area contributed by atoms with Gasteiger partial charge in [-0.05, 0) is 25.3 Å². The molecule has 23 heavy (non-hydrogen) atoms. The Hall–Kier alpha value is -2.57. The third-order valence-corrected chi connectivity index (χ3v) is 4.79. The van der Waals surface area contributed by atoms with Gasteiger partial charge in [0.15, 0.2) is 5.78 Å². The number of aryl methyl sites for hydroxylation is 1. The van der Waals surface area contributed by atoms with Crippen LogP contribution in [0.5, 0.6) is 0 Å². The Balaban J connectivity index is 1.52. The fourth-order valence-electron chi connectivity index (χ4n) is 3.55. The summed E-state index contributed by atoms with van der Waals surface area (Å²) < 4.78 is 0. The summed E-state index contributed by atoms with van der Waals surface area (Å²) >= 11 is 0. The Morgan fingerprint density at radius 2 is 2.04 bits per heavy atom. The topological polar surface area (TPSA) is 102 Å². The number of fused-ring (bicyclic) bond motifs is 1. The van der Waals surface area contributed by atoms with Crippen molar-refractivity contribution in [1.29, 1.82) is 0 Å². The number of aromatic amines is 3. The lowest BCUT2D eigenvalue weighted by Crippen LogP contribution is -2.28.